The molecule has 0 saturated carbocycles. The largest absolute Gasteiger partial charge is 0.462 e. The summed E-state index contributed by atoms with van der Waals surface area (Å²) in [5, 5.41) is 4.24. The minimum Gasteiger partial charge on any atom is -0.462 e. The topological polar surface area (TPSA) is 38.3 Å². The van der Waals surface area contributed by atoms with Crippen LogP contribution in [-0.4, -0.2) is 19.1 Å². The summed E-state index contributed by atoms with van der Waals surface area (Å²) in [5.41, 5.74) is 2.97. The normalized spacial score (nSPS) is 11.4. The lowest BCUT2D eigenvalue weighted by molar-refractivity contribution is 0.0526. The van der Waals surface area contributed by atoms with Gasteiger partial charge in [-0.3, -0.25) is 0 Å². The highest BCUT2D eigenvalue weighted by Crippen LogP contribution is 2.15. The Hall–Kier alpha value is -2.44. The molecule has 0 aliphatic rings. The second kappa shape index (κ2) is 20.5. The molecule has 2 aromatic rings. The molecule has 208 valence electrons. The van der Waals surface area contributed by atoms with E-state index >= 15 is 0 Å². The summed E-state index contributed by atoms with van der Waals surface area (Å²) in [6.07, 6.45) is 17.9. The van der Waals surface area contributed by atoms with Gasteiger partial charge in [0.15, 0.2) is 0 Å². The number of ether oxygens (including phenoxy) is 1. The second-order valence-corrected chi connectivity index (χ2v) is 10.7. The summed E-state index contributed by atoms with van der Waals surface area (Å²) < 4.78 is 5.02. The van der Waals surface area contributed by atoms with E-state index < -0.39 is 0 Å². The fraction of sp³-hybridized carbons (Fsp3) is 0.559. The Morgan fingerprint density at radius 2 is 1.37 bits per heavy atom. The molecule has 0 fully saturated rings. The Kier molecular flexibility index (Phi) is 17.2. The number of anilines is 1. The van der Waals surface area contributed by atoms with E-state index in [1.807, 2.05) is 43.3 Å². The van der Waals surface area contributed by atoms with Gasteiger partial charge in [-0.05, 0) is 68.1 Å². The lowest BCUT2D eigenvalue weighted by Crippen LogP contribution is -2.05. The van der Waals surface area contributed by atoms with Gasteiger partial charge in [0.1, 0.15) is 0 Å². The lowest BCUT2D eigenvalue weighted by atomic mass is 10.0. The van der Waals surface area contributed by atoms with E-state index in [1.165, 1.54) is 82.6 Å². The highest BCUT2D eigenvalue weighted by Gasteiger charge is 2.05. The maximum atomic E-state index is 11.7. The van der Waals surface area contributed by atoms with Crippen molar-refractivity contribution in [3.63, 3.8) is 0 Å². The van der Waals surface area contributed by atoms with Gasteiger partial charge < -0.3 is 10.1 Å². The Morgan fingerprint density at radius 1 is 0.816 bits per heavy atom. The summed E-state index contributed by atoms with van der Waals surface area (Å²) in [5.74, 6) is 6.93. The van der Waals surface area contributed by atoms with E-state index in [2.05, 4.69) is 36.2 Å². The van der Waals surface area contributed by atoms with Crippen LogP contribution in [0, 0.1) is 17.8 Å². The molecule has 3 nitrogen and oxygen atoms in total. The van der Waals surface area contributed by atoms with Gasteiger partial charge in [0.05, 0.1) is 12.2 Å². The van der Waals surface area contributed by atoms with Crippen molar-refractivity contribution in [1.29, 1.82) is 0 Å². The number of rotatable bonds is 19. The molecule has 0 spiro atoms. The first kappa shape index (κ1) is 31.8. The third kappa shape index (κ3) is 15.1. The van der Waals surface area contributed by atoms with Crippen LogP contribution in [0.2, 0.25) is 5.02 Å². The van der Waals surface area contributed by atoms with Gasteiger partial charge >= 0.3 is 5.97 Å². The van der Waals surface area contributed by atoms with Crippen LogP contribution in [0.5, 0.6) is 0 Å². The fourth-order valence-corrected chi connectivity index (χ4v) is 4.67. The molecule has 2 rings (SSSR count). The van der Waals surface area contributed by atoms with Crippen LogP contribution in [0.15, 0.2) is 48.5 Å². The zero-order chi connectivity index (χ0) is 27.3. The third-order valence-electron chi connectivity index (χ3n) is 6.76. The molecule has 0 radical (unpaired) electrons. The number of carbonyl (C=O) groups excluding carboxylic acids is 1. The zero-order valence-electron chi connectivity index (χ0n) is 23.7. The molecule has 0 aromatic heterocycles. The lowest BCUT2D eigenvalue weighted by Gasteiger charge is -2.07. The van der Waals surface area contributed by atoms with Crippen molar-refractivity contribution in [2.45, 2.75) is 104 Å². The molecule has 0 aliphatic carbocycles. The van der Waals surface area contributed by atoms with Gasteiger partial charge in [0.25, 0.3) is 0 Å². The van der Waals surface area contributed by atoms with Crippen LogP contribution in [0.1, 0.15) is 113 Å². The van der Waals surface area contributed by atoms with Gasteiger partial charge in [0, 0.05) is 29.6 Å². The van der Waals surface area contributed by atoms with Crippen LogP contribution in [-0.2, 0) is 11.2 Å². The Labute approximate surface area is 237 Å². The van der Waals surface area contributed by atoms with Crippen LogP contribution < -0.4 is 5.32 Å². The summed E-state index contributed by atoms with van der Waals surface area (Å²) in [7, 11) is 0. The number of hydrogen-bond acceptors (Lipinski definition) is 3. The predicted molar refractivity (Wildman–Crippen MR) is 163 cm³/mol. The first-order chi connectivity index (χ1) is 18.6. The molecule has 2 aromatic carbocycles. The Bertz CT molecular complexity index is 943. The Morgan fingerprint density at radius 3 is 1.95 bits per heavy atom. The molecule has 4 heteroatoms. The molecular formula is C34H48ClNO2. The van der Waals surface area contributed by atoms with Crippen molar-refractivity contribution in [3.05, 3.63) is 64.7 Å². The maximum absolute atomic E-state index is 11.7. The van der Waals surface area contributed by atoms with Crippen molar-refractivity contribution >= 4 is 23.3 Å². The summed E-state index contributed by atoms with van der Waals surface area (Å²) in [6, 6.07) is 15.6. The maximum Gasteiger partial charge on any atom is 0.338 e. The van der Waals surface area contributed by atoms with Crippen LogP contribution in [0.3, 0.4) is 0 Å². The fourth-order valence-electron chi connectivity index (χ4n) is 4.55. The molecule has 1 unspecified atom stereocenters. The number of halogens is 1. The molecule has 0 bridgehead atoms. The highest BCUT2D eigenvalue weighted by atomic mass is 35.5. The average Bonchev–Trinajstić information content (AvgIpc) is 2.92. The molecule has 0 amide bonds. The van der Waals surface area contributed by atoms with Gasteiger partial charge in [-0.1, -0.05) is 101 Å². The van der Waals surface area contributed by atoms with E-state index in [9.17, 15) is 4.79 Å². The highest BCUT2D eigenvalue weighted by molar-refractivity contribution is 6.30. The third-order valence-corrected chi connectivity index (χ3v) is 7.01. The Balaban J connectivity index is 1.33. The summed E-state index contributed by atoms with van der Waals surface area (Å²) in [4.78, 5) is 11.7. The number of esters is 1. The number of benzene rings is 2. The number of hydrogen-bond donors (Lipinski definition) is 1. The van der Waals surface area contributed by atoms with Gasteiger partial charge in [0.2, 0.25) is 0 Å². The van der Waals surface area contributed by atoms with E-state index in [-0.39, 0.29) is 5.97 Å². The van der Waals surface area contributed by atoms with Crippen LogP contribution in [0.25, 0.3) is 0 Å². The van der Waals surface area contributed by atoms with Crippen molar-refractivity contribution in [2.75, 3.05) is 18.5 Å². The molecule has 0 saturated heterocycles. The minimum atomic E-state index is -0.257. The summed E-state index contributed by atoms with van der Waals surface area (Å²) in [6.45, 7) is 5.41. The number of carbonyl (C=O) groups is 1. The molecule has 38 heavy (non-hydrogen) atoms. The smallest absolute Gasteiger partial charge is 0.338 e. The van der Waals surface area contributed by atoms with Crippen molar-refractivity contribution in [2.24, 2.45) is 5.92 Å². The van der Waals surface area contributed by atoms with E-state index in [4.69, 9.17) is 16.3 Å². The van der Waals surface area contributed by atoms with Gasteiger partial charge in [-0.2, -0.15) is 0 Å². The zero-order valence-corrected chi connectivity index (χ0v) is 24.5. The van der Waals surface area contributed by atoms with Crippen molar-refractivity contribution in [1.82, 2.24) is 0 Å². The molecule has 1 N–H and O–H groups in total. The van der Waals surface area contributed by atoms with E-state index in [0.717, 1.165) is 30.1 Å². The average molecular weight is 538 g/mol. The molecular weight excluding hydrogens is 490 g/mol. The van der Waals surface area contributed by atoms with Crippen molar-refractivity contribution < 1.29 is 9.53 Å². The molecule has 0 heterocycles. The van der Waals surface area contributed by atoms with Gasteiger partial charge in [-0.25, -0.2) is 4.79 Å². The quantitative estimate of drug-likeness (QED) is 0.110. The number of unbranched alkanes of at least 4 members (excludes halogenated alkanes) is 12. The first-order valence-corrected chi connectivity index (χ1v) is 15.2. The van der Waals surface area contributed by atoms with E-state index in [1.54, 1.807) is 0 Å². The molecule has 1 atom stereocenters. The van der Waals surface area contributed by atoms with Crippen molar-refractivity contribution in [3.8, 4) is 11.8 Å². The predicted octanol–water partition coefficient (Wildman–Crippen LogP) is 9.88. The van der Waals surface area contributed by atoms with Crippen LogP contribution in [0.4, 0.5) is 5.69 Å². The van der Waals surface area contributed by atoms with Crippen LogP contribution >= 0.6 is 11.6 Å². The summed E-state index contributed by atoms with van der Waals surface area (Å²) >= 11 is 5.95. The molecule has 0 aliphatic heterocycles. The second-order valence-electron chi connectivity index (χ2n) is 10.3. The monoisotopic (exact) mass is 537 g/mol. The number of nitrogens with one attached hydrogen (secondary N) is 1. The van der Waals surface area contributed by atoms with E-state index in [0.29, 0.717) is 18.1 Å². The minimum absolute atomic E-state index is 0.257. The first-order valence-electron chi connectivity index (χ1n) is 14.8. The SMILES string of the molecule is CCOC(=O)c1ccc(NCCCCCCCCCCCCCCC#CC(C)Cc2ccc(Cl)cc2)cc1. The van der Waals surface area contributed by atoms with Gasteiger partial charge in [-0.15, -0.1) is 5.92 Å². The standard InChI is InChI=1S/C34H48ClNO2/c1-3-38-34(37)31-21-25-33(26-22-31)36-27-17-15-13-11-9-7-5-4-6-8-10-12-14-16-18-29(2)28-30-19-23-32(35)24-20-30/h19-26,29,36H,3-15,17,27-28H2,1-2H3.